The Morgan fingerprint density at radius 2 is 2.10 bits per heavy atom. The number of carbonyl (C=O) groups excluding carboxylic acids is 1. The van der Waals surface area contributed by atoms with Crippen molar-refractivity contribution in [2.45, 2.75) is 6.18 Å². The number of aromatic nitrogens is 3. The standard InChI is InChI=1S/C11H7ClF4N4O/c1-20-9(6(13)7(19-20)11(14,15)16)18-10(21)5-3-2-4-17-8(5)12/h2-4H,1H3,(H,18,21). The summed E-state index contributed by atoms with van der Waals surface area (Å²) in [4.78, 5) is 15.5. The molecule has 2 rings (SSSR count). The number of rotatable bonds is 2. The third kappa shape index (κ3) is 2.97. The van der Waals surface area contributed by atoms with E-state index >= 15 is 0 Å². The van der Waals surface area contributed by atoms with Gasteiger partial charge in [-0.2, -0.15) is 18.3 Å². The predicted molar refractivity (Wildman–Crippen MR) is 65.4 cm³/mol. The Kier molecular flexibility index (Phi) is 3.86. The quantitative estimate of drug-likeness (QED) is 0.683. The molecular weight excluding hydrogens is 316 g/mol. The lowest BCUT2D eigenvalue weighted by molar-refractivity contribution is -0.143. The van der Waals surface area contributed by atoms with Gasteiger partial charge in [-0.3, -0.25) is 4.79 Å². The van der Waals surface area contributed by atoms with Crippen LogP contribution in [-0.2, 0) is 13.2 Å². The van der Waals surface area contributed by atoms with Crippen molar-refractivity contribution < 1.29 is 22.4 Å². The van der Waals surface area contributed by atoms with E-state index < -0.39 is 29.4 Å². The second-order valence-corrected chi connectivity index (χ2v) is 4.29. The van der Waals surface area contributed by atoms with Crippen molar-refractivity contribution in [2.75, 3.05) is 5.32 Å². The molecule has 0 fully saturated rings. The van der Waals surface area contributed by atoms with Gasteiger partial charge in [-0.1, -0.05) is 11.6 Å². The zero-order valence-corrected chi connectivity index (χ0v) is 11.1. The zero-order valence-electron chi connectivity index (χ0n) is 10.4. The van der Waals surface area contributed by atoms with Crippen LogP contribution in [0.5, 0.6) is 0 Å². The van der Waals surface area contributed by atoms with Crippen molar-refractivity contribution in [3.8, 4) is 0 Å². The SMILES string of the molecule is Cn1nc(C(F)(F)F)c(F)c1NC(=O)c1cccnc1Cl. The molecule has 10 heteroatoms. The Balaban J connectivity index is 2.35. The molecule has 2 heterocycles. The number of amides is 1. The van der Waals surface area contributed by atoms with Gasteiger partial charge in [-0.25, -0.2) is 14.1 Å². The molecule has 0 bridgehead atoms. The molecule has 0 aliphatic heterocycles. The smallest absolute Gasteiger partial charge is 0.304 e. The first kappa shape index (κ1) is 15.2. The second-order valence-electron chi connectivity index (χ2n) is 3.93. The van der Waals surface area contributed by atoms with E-state index in [9.17, 15) is 22.4 Å². The molecule has 0 aliphatic rings. The molecule has 2 aromatic rings. The van der Waals surface area contributed by atoms with Gasteiger partial charge in [-0.15, -0.1) is 0 Å². The number of carbonyl (C=O) groups is 1. The fraction of sp³-hybridized carbons (Fsp3) is 0.182. The van der Waals surface area contributed by atoms with E-state index in [4.69, 9.17) is 11.6 Å². The summed E-state index contributed by atoms with van der Waals surface area (Å²) in [6.45, 7) is 0. The molecule has 0 aromatic carbocycles. The summed E-state index contributed by atoms with van der Waals surface area (Å²) in [5, 5.41) is 4.84. The first-order chi connectivity index (χ1) is 9.71. The highest BCUT2D eigenvalue weighted by atomic mass is 35.5. The largest absolute Gasteiger partial charge is 0.438 e. The van der Waals surface area contributed by atoms with E-state index in [-0.39, 0.29) is 10.7 Å². The number of anilines is 1. The van der Waals surface area contributed by atoms with Crippen LogP contribution in [0, 0.1) is 5.82 Å². The monoisotopic (exact) mass is 322 g/mol. The molecule has 0 atom stereocenters. The Bertz CT molecular complexity index is 698. The van der Waals surface area contributed by atoms with Gasteiger partial charge in [0.05, 0.1) is 5.56 Å². The maximum atomic E-state index is 13.7. The van der Waals surface area contributed by atoms with E-state index in [1.54, 1.807) is 0 Å². The molecule has 21 heavy (non-hydrogen) atoms. The Labute approximate surface area is 120 Å². The molecule has 5 nitrogen and oxygen atoms in total. The van der Waals surface area contributed by atoms with Crippen molar-refractivity contribution >= 4 is 23.3 Å². The normalized spacial score (nSPS) is 11.5. The molecule has 112 valence electrons. The number of halogens is 5. The van der Waals surface area contributed by atoms with Crippen molar-refractivity contribution in [3.05, 3.63) is 40.6 Å². The maximum absolute atomic E-state index is 13.7. The lowest BCUT2D eigenvalue weighted by atomic mass is 10.2. The molecule has 0 radical (unpaired) electrons. The van der Waals surface area contributed by atoms with Gasteiger partial charge in [0.1, 0.15) is 5.15 Å². The number of nitrogens with one attached hydrogen (secondary N) is 1. The van der Waals surface area contributed by atoms with Crippen LogP contribution in [0.1, 0.15) is 16.1 Å². The Morgan fingerprint density at radius 3 is 2.62 bits per heavy atom. The van der Waals surface area contributed by atoms with E-state index in [1.165, 1.54) is 18.3 Å². The summed E-state index contributed by atoms with van der Waals surface area (Å²) in [6.07, 6.45) is -3.64. The lowest BCUT2D eigenvalue weighted by Gasteiger charge is -2.06. The molecular formula is C11H7ClF4N4O. The predicted octanol–water partition coefficient (Wildman–Crippen LogP) is 2.88. The van der Waals surface area contributed by atoms with Crippen molar-refractivity contribution in [2.24, 2.45) is 7.05 Å². The molecule has 1 amide bonds. The third-order valence-electron chi connectivity index (χ3n) is 2.49. The van der Waals surface area contributed by atoms with E-state index in [1.807, 2.05) is 5.32 Å². The summed E-state index contributed by atoms with van der Waals surface area (Å²) in [7, 11) is 1.07. The Morgan fingerprint density at radius 1 is 1.43 bits per heavy atom. The average molecular weight is 323 g/mol. The van der Waals surface area contributed by atoms with Crippen LogP contribution < -0.4 is 5.32 Å². The van der Waals surface area contributed by atoms with E-state index in [2.05, 4.69) is 10.1 Å². The fourth-order valence-corrected chi connectivity index (χ4v) is 1.75. The second kappa shape index (κ2) is 5.32. The van der Waals surface area contributed by atoms with Gasteiger partial charge < -0.3 is 5.32 Å². The van der Waals surface area contributed by atoms with Crippen LogP contribution in [0.4, 0.5) is 23.4 Å². The van der Waals surface area contributed by atoms with Crippen molar-refractivity contribution in [1.29, 1.82) is 0 Å². The molecule has 0 spiro atoms. The van der Waals surface area contributed by atoms with Crippen LogP contribution in [0.3, 0.4) is 0 Å². The number of pyridine rings is 1. The van der Waals surface area contributed by atoms with Crippen LogP contribution in [0.25, 0.3) is 0 Å². The van der Waals surface area contributed by atoms with Gasteiger partial charge in [0, 0.05) is 13.2 Å². The van der Waals surface area contributed by atoms with E-state index in [0.717, 1.165) is 7.05 Å². The first-order valence-corrected chi connectivity index (χ1v) is 5.81. The molecule has 1 N–H and O–H groups in total. The molecule has 2 aromatic heterocycles. The van der Waals surface area contributed by atoms with Gasteiger partial charge >= 0.3 is 6.18 Å². The van der Waals surface area contributed by atoms with Gasteiger partial charge in [0.25, 0.3) is 5.91 Å². The lowest BCUT2D eigenvalue weighted by Crippen LogP contribution is -2.16. The highest BCUT2D eigenvalue weighted by Gasteiger charge is 2.40. The van der Waals surface area contributed by atoms with Crippen molar-refractivity contribution in [1.82, 2.24) is 14.8 Å². The van der Waals surface area contributed by atoms with Crippen LogP contribution in [0.15, 0.2) is 18.3 Å². The zero-order chi connectivity index (χ0) is 15.8. The third-order valence-corrected chi connectivity index (χ3v) is 2.79. The molecule has 0 saturated heterocycles. The fourth-order valence-electron chi connectivity index (χ4n) is 1.55. The van der Waals surface area contributed by atoms with Gasteiger partial charge in [-0.05, 0) is 12.1 Å². The Hall–Kier alpha value is -2.16. The first-order valence-electron chi connectivity index (χ1n) is 5.43. The van der Waals surface area contributed by atoms with Crippen LogP contribution >= 0.6 is 11.6 Å². The molecule has 0 aliphatic carbocycles. The highest BCUT2D eigenvalue weighted by Crippen LogP contribution is 2.33. The summed E-state index contributed by atoms with van der Waals surface area (Å²) in [5.74, 6) is -3.28. The molecule has 0 saturated carbocycles. The minimum Gasteiger partial charge on any atom is -0.304 e. The number of hydrogen-bond donors (Lipinski definition) is 1. The highest BCUT2D eigenvalue weighted by molar-refractivity contribution is 6.33. The summed E-state index contributed by atoms with van der Waals surface area (Å²) in [5.41, 5.74) is -1.81. The number of aryl methyl sites for hydroxylation is 1. The number of nitrogens with zero attached hydrogens (tertiary/aromatic N) is 3. The maximum Gasteiger partial charge on any atom is 0.438 e. The summed E-state index contributed by atoms with van der Waals surface area (Å²) < 4.78 is 51.8. The average Bonchev–Trinajstić information content (AvgIpc) is 2.67. The van der Waals surface area contributed by atoms with Gasteiger partial charge in [0.2, 0.25) is 5.69 Å². The van der Waals surface area contributed by atoms with Crippen LogP contribution in [-0.4, -0.2) is 20.7 Å². The molecule has 0 unspecified atom stereocenters. The number of hydrogen-bond acceptors (Lipinski definition) is 3. The minimum atomic E-state index is -4.96. The number of alkyl halides is 3. The van der Waals surface area contributed by atoms with Crippen molar-refractivity contribution in [3.63, 3.8) is 0 Å². The topological polar surface area (TPSA) is 59.8 Å². The minimum absolute atomic E-state index is 0.103. The van der Waals surface area contributed by atoms with Gasteiger partial charge in [0.15, 0.2) is 11.6 Å². The summed E-state index contributed by atoms with van der Waals surface area (Å²) >= 11 is 5.67. The van der Waals surface area contributed by atoms with Crippen LogP contribution in [0.2, 0.25) is 5.15 Å². The van der Waals surface area contributed by atoms with E-state index in [0.29, 0.717) is 4.68 Å². The summed E-state index contributed by atoms with van der Waals surface area (Å²) in [6, 6.07) is 2.70.